The summed E-state index contributed by atoms with van der Waals surface area (Å²) >= 11 is 0. The molecule has 1 unspecified atom stereocenters. The Morgan fingerprint density at radius 1 is 1.32 bits per heavy atom. The molecule has 1 aliphatic rings. The highest BCUT2D eigenvalue weighted by atomic mass is 16.5. The van der Waals surface area contributed by atoms with Crippen LogP contribution in [0.2, 0.25) is 0 Å². The Morgan fingerprint density at radius 2 is 2.20 bits per heavy atom. The molecule has 8 nitrogen and oxygen atoms in total. The maximum absolute atomic E-state index is 5.50. The zero-order chi connectivity index (χ0) is 17.1. The maximum Gasteiger partial charge on any atom is 0.200 e. The minimum atomic E-state index is 0.217. The van der Waals surface area contributed by atoms with E-state index in [1.807, 2.05) is 25.3 Å². The van der Waals surface area contributed by atoms with E-state index in [0.29, 0.717) is 0 Å². The second kappa shape index (κ2) is 7.12. The van der Waals surface area contributed by atoms with Gasteiger partial charge in [0, 0.05) is 32.0 Å². The Bertz CT molecular complexity index is 829. The van der Waals surface area contributed by atoms with Gasteiger partial charge in [-0.25, -0.2) is 0 Å². The molecule has 1 atom stereocenters. The predicted octanol–water partition coefficient (Wildman–Crippen LogP) is 1.31. The summed E-state index contributed by atoms with van der Waals surface area (Å²) in [5.74, 6) is 0. The van der Waals surface area contributed by atoms with Crippen LogP contribution in [0.5, 0.6) is 0 Å². The molecule has 0 bridgehead atoms. The molecular weight excluding hydrogens is 318 g/mol. The van der Waals surface area contributed by atoms with Crippen LogP contribution < -0.4 is 5.32 Å². The molecule has 0 saturated carbocycles. The number of aryl methyl sites for hydroxylation is 1. The molecule has 8 heteroatoms. The quantitative estimate of drug-likeness (QED) is 0.751. The summed E-state index contributed by atoms with van der Waals surface area (Å²) in [5, 5.41) is 16.0. The molecule has 0 aliphatic carbocycles. The molecule has 1 saturated heterocycles. The summed E-state index contributed by atoms with van der Waals surface area (Å²) in [6.45, 7) is 6.07. The van der Waals surface area contributed by atoms with Gasteiger partial charge in [-0.15, -0.1) is 10.2 Å². The van der Waals surface area contributed by atoms with E-state index in [4.69, 9.17) is 4.74 Å². The van der Waals surface area contributed by atoms with Crippen molar-refractivity contribution in [3.05, 3.63) is 48.2 Å². The first-order valence-electron chi connectivity index (χ1n) is 8.44. The number of rotatable bonds is 5. The Labute approximate surface area is 145 Å². The minimum absolute atomic E-state index is 0.217. The normalized spacial score (nSPS) is 16.8. The Morgan fingerprint density at radius 3 is 3.00 bits per heavy atom. The number of ether oxygens (including phenoxy) is 1. The number of morpholine rings is 1. The third kappa shape index (κ3) is 3.45. The van der Waals surface area contributed by atoms with Gasteiger partial charge in [-0.2, -0.15) is 9.61 Å². The summed E-state index contributed by atoms with van der Waals surface area (Å²) < 4.78 is 7.20. The van der Waals surface area contributed by atoms with Gasteiger partial charge in [0.2, 0.25) is 5.65 Å². The number of hydrogen-bond donors (Lipinski definition) is 1. The summed E-state index contributed by atoms with van der Waals surface area (Å²) in [7, 11) is 0. The fraction of sp³-hybridized carbons (Fsp3) is 0.412. The molecule has 1 aliphatic heterocycles. The molecule has 4 heterocycles. The summed E-state index contributed by atoms with van der Waals surface area (Å²) in [6, 6.07) is 6.33. The van der Waals surface area contributed by atoms with Gasteiger partial charge in [-0.3, -0.25) is 9.88 Å². The Kier molecular flexibility index (Phi) is 4.53. The first kappa shape index (κ1) is 15.9. The molecular formula is C17H21N7O. The lowest BCUT2D eigenvalue weighted by Crippen LogP contribution is -2.41. The van der Waals surface area contributed by atoms with Gasteiger partial charge in [0.15, 0.2) is 0 Å². The van der Waals surface area contributed by atoms with Gasteiger partial charge in [0.25, 0.3) is 0 Å². The van der Waals surface area contributed by atoms with Crippen molar-refractivity contribution in [3.8, 4) is 0 Å². The van der Waals surface area contributed by atoms with Crippen molar-refractivity contribution in [2.45, 2.75) is 13.0 Å². The summed E-state index contributed by atoms with van der Waals surface area (Å²) in [4.78, 5) is 6.72. The molecule has 0 aromatic carbocycles. The maximum atomic E-state index is 5.50. The van der Waals surface area contributed by atoms with Crippen molar-refractivity contribution in [1.82, 2.24) is 29.7 Å². The van der Waals surface area contributed by atoms with Crippen LogP contribution in [-0.4, -0.2) is 62.5 Å². The van der Waals surface area contributed by atoms with E-state index in [2.05, 4.69) is 36.6 Å². The van der Waals surface area contributed by atoms with Crippen LogP contribution in [0.4, 0.5) is 5.69 Å². The average molecular weight is 339 g/mol. The number of nitrogens with zero attached hydrogens (tertiary/aromatic N) is 6. The van der Waals surface area contributed by atoms with E-state index in [1.165, 1.54) is 5.56 Å². The highest BCUT2D eigenvalue weighted by Crippen LogP contribution is 2.23. The van der Waals surface area contributed by atoms with Gasteiger partial charge in [-0.1, -0.05) is 6.07 Å². The fourth-order valence-corrected chi connectivity index (χ4v) is 3.21. The third-order valence-electron chi connectivity index (χ3n) is 4.43. The standard InChI is InChI=1S/C17H21N7O/c1-13-9-15(17-21-20-12-24(17)22-13)19-11-16(14-3-2-4-18-10-14)23-5-7-25-8-6-23/h2-4,9-10,12,16,19H,5-8,11H2,1H3. The van der Waals surface area contributed by atoms with Gasteiger partial charge in [0.05, 0.1) is 30.6 Å². The molecule has 4 rings (SSSR count). The monoisotopic (exact) mass is 339 g/mol. The molecule has 3 aromatic rings. The summed E-state index contributed by atoms with van der Waals surface area (Å²) in [6.07, 6.45) is 5.36. The molecule has 1 fully saturated rings. The van der Waals surface area contributed by atoms with Crippen molar-refractivity contribution >= 4 is 11.3 Å². The highest BCUT2D eigenvalue weighted by Gasteiger charge is 2.23. The van der Waals surface area contributed by atoms with Crippen molar-refractivity contribution in [1.29, 1.82) is 0 Å². The summed E-state index contributed by atoms with van der Waals surface area (Å²) in [5.41, 5.74) is 3.78. The smallest absolute Gasteiger partial charge is 0.200 e. The van der Waals surface area contributed by atoms with Crippen molar-refractivity contribution in [2.75, 3.05) is 38.2 Å². The van der Waals surface area contributed by atoms with E-state index in [-0.39, 0.29) is 6.04 Å². The second-order valence-electron chi connectivity index (χ2n) is 6.13. The second-order valence-corrected chi connectivity index (χ2v) is 6.13. The lowest BCUT2D eigenvalue weighted by Gasteiger charge is -2.34. The van der Waals surface area contributed by atoms with E-state index in [9.17, 15) is 0 Å². The van der Waals surface area contributed by atoms with Crippen LogP contribution >= 0.6 is 0 Å². The number of nitrogens with one attached hydrogen (secondary N) is 1. The Balaban J connectivity index is 1.59. The highest BCUT2D eigenvalue weighted by molar-refractivity contribution is 5.66. The molecule has 25 heavy (non-hydrogen) atoms. The van der Waals surface area contributed by atoms with Gasteiger partial charge < -0.3 is 10.1 Å². The van der Waals surface area contributed by atoms with E-state index < -0.39 is 0 Å². The number of aromatic nitrogens is 5. The van der Waals surface area contributed by atoms with Gasteiger partial charge in [-0.05, 0) is 24.6 Å². The number of pyridine rings is 1. The van der Waals surface area contributed by atoms with Crippen LogP contribution in [0, 0.1) is 6.92 Å². The average Bonchev–Trinajstić information content (AvgIpc) is 3.12. The van der Waals surface area contributed by atoms with E-state index in [1.54, 1.807) is 17.0 Å². The molecule has 0 spiro atoms. The first-order chi connectivity index (χ1) is 12.3. The van der Waals surface area contributed by atoms with Crippen molar-refractivity contribution in [2.24, 2.45) is 0 Å². The van der Waals surface area contributed by atoms with Crippen LogP contribution in [0.15, 0.2) is 36.9 Å². The van der Waals surface area contributed by atoms with Crippen LogP contribution in [-0.2, 0) is 4.74 Å². The zero-order valence-corrected chi connectivity index (χ0v) is 14.2. The zero-order valence-electron chi connectivity index (χ0n) is 14.2. The molecule has 1 N–H and O–H groups in total. The van der Waals surface area contributed by atoms with E-state index >= 15 is 0 Å². The van der Waals surface area contributed by atoms with Crippen molar-refractivity contribution < 1.29 is 4.74 Å². The topological polar surface area (TPSA) is 80.5 Å². The molecule has 0 radical (unpaired) electrons. The van der Waals surface area contributed by atoms with Crippen LogP contribution in [0.25, 0.3) is 5.65 Å². The fourth-order valence-electron chi connectivity index (χ4n) is 3.21. The van der Waals surface area contributed by atoms with Crippen LogP contribution in [0.3, 0.4) is 0 Å². The third-order valence-corrected chi connectivity index (χ3v) is 4.43. The number of fused-ring (bicyclic) bond motifs is 1. The first-order valence-corrected chi connectivity index (χ1v) is 8.44. The lowest BCUT2D eigenvalue weighted by molar-refractivity contribution is 0.0186. The largest absolute Gasteiger partial charge is 0.380 e. The SMILES string of the molecule is Cc1cc(NCC(c2cccnc2)N2CCOCC2)c2nncn2n1. The Hall–Kier alpha value is -2.58. The van der Waals surface area contributed by atoms with Crippen LogP contribution in [0.1, 0.15) is 17.3 Å². The molecule has 0 amide bonds. The lowest BCUT2D eigenvalue weighted by atomic mass is 10.1. The van der Waals surface area contributed by atoms with Gasteiger partial charge in [0.1, 0.15) is 6.33 Å². The number of hydrogen-bond acceptors (Lipinski definition) is 7. The van der Waals surface area contributed by atoms with E-state index in [0.717, 1.165) is 49.9 Å². The number of anilines is 1. The predicted molar refractivity (Wildman–Crippen MR) is 93.4 cm³/mol. The minimum Gasteiger partial charge on any atom is -0.380 e. The molecule has 130 valence electrons. The van der Waals surface area contributed by atoms with Crippen molar-refractivity contribution in [3.63, 3.8) is 0 Å². The molecule has 3 aromatic heterocycles. The van der Waals surface area contributed by atoms with Gasteiger partial charge >= 0.3 is 0 Å².